The molecule has 14 heteroatoms. The number of ether oxygens (including phenoxy) is 4. The smallest absolute Gasteiger partial charge is 0.306 e. The molecule has 0 saturated carbocycles. The fraction of sp³-hybridized carbons (Fsp3) is 0.955. The van der Waals surface area contributed by atoms with Gasteiger partial charge >= 0.3 is 5.97 Å². The lowest BCUT2D eigenvalue weighted by molar-refractivity contribution is -0.348. The average molecular weight is 531 g/mol. The normalized spacial score (nSPS) is 29.7. The fourth-order valence-electron chi connectivity index (χ4n) is 3.66. The molecule has 214 valence electrons. The van der Waals surface area contributed by atoms with Crippen LogP contribution >= 0.6 is 0 Å². The number of carbonyl (C=O) groups excluding carboxylic acids is 1. The molecule has 1 saturated heterocycles. The molecule has 14 nitrogen and oxygen atoms in total. The monoisotopic (exact) mass is 530 g/mol. The van der Waals surface area contributed by atoms with E-state index in [1.54, 1.807) is 0 Å². The Labute approximate surface area is 209 Å². The van der Waals surface area contributed by atoms with Crippen LogP contribution in [0, 0.1) is 0 Å². The predicted octanol–water partition coefficient (Wildman–Crippen LogP) is -3.52. The second-order valence-electron chi connectivity index (χ2n) is 8.84. The van der Waals surface area contributed by atoms with Gasteiger partial charge in [0.15, 0.2) is 12.4 Å². The summed E-state index contributed by atoms with van der Waals surface area (Å²) >= 11 is 0. The fourth-order valence-corrected chi connectivity index (χ4v) is 3.66. The minimum atomic E-state index is -2.33. The zero-order chi connectivity index (χ0) is 27.4. The quantitative estimate of drug-likeness (QED) is 0.0504. The Morgan fingerprint density at radius 1 is 0.889 bits per heavy atom. The van der Waals surface area contributed by atoms with Crippen molar-refractivity contribution in [2.24, 2.45) is 0 Å². The molecule has 0 spiro atoms. The van der Waals surface area contributed by atoms with Gasteiger partial charge in [0.05, 0.1) is 13.2 Å². The van der Waals surface area contributed by atoms with Gasteiger partial charge in [-0.2, -0.15) is 0 Å². The van der Waals surface area contributed by atoms with E-state index in [1.807, 2.05) is 6.92 Å². The predicted molar refractivity (Wildman–Crippen MR) is 120 cm³/mol. The molecule has 1 fully saturated rings. The summed E-state index contributed by atoms with van der Waals surface area (Å²) in [5.74, 6) is -0.747. The summed E-state index contributed by atoms with van der Waals surface area (Å²) in [6.07, 6.45) is -16.7. The van der Waals surface area contributed by atoms with Crippen LogP contribution in [0.4, 0.5) is 0 Å². The molecule has 36 heavy (non-hydrogen) atoms. The molecule has 0 aromatic carbocycles. The maximum Gasteiger partial charge on any atom is 0.306 e. The van der Waals surface area contributed by atoms with Crippen LogP contribution in [0.5, 0.6) is 0 Å². The second kappa shape index (κ2) is 16.8. The Morgan fingerprint density at radius 3 is 2.08 bits per heavy atom. The summed E-state index contributed by atoms with van der Waals surface area (Å²) in [5.41, 5.74) is 0. The number of aliphatic hydroxyl groups excluding tert-OH is 9. The third-order valence-electron chi connectivity index (χ3n) is 5.92. The van der Waals surface area contributed by atoms with Crippen molar-refractivity contribution in [2.75, 3.05) is 20.3 Å². The van der Waals surface area contributed by atoms with Crippen molar-refractivity contribution >= 4 is 5.97 Å². The highest BCUT2D eigenvalue weighted by Gasteiger charge is 2.49. The highest BCUT2D eigenvalue weighted by Crippen LogP contribution is 2.27. The Hall–Kier alpha value is -1.01. The first-order valence-corrected chi connectivity index (χ1v) is 12.0. The molecular weight excluding hydrogens is 488 g/mol. The van der Waals surface area contributed by atoms with Gasteiger partial charge in [-0.1, -0.05) is 32.6 Å². The van der Waals surface area contributed by atoms with Gasteiger partial charge in [0, 0.05) is 13.5 Å². The van der Waals surface area contributed by atoms with Gasteiger partial charge in [-0.3, -0.25) is 4.79 Å². The molecule has 1 rings (SSSR count). The number of hydrogen-bond donors (Lipinski definition) is 9. The summed E-state index contributed by atoms with van der Waals surface area (Å²) < 4.78 is 20.2. The van der Waals surface area contributed by atoms with Crippen LogP contribution in [0.3, 0.4) is 0 Å². The highest BCUT2D eigenvalue weighted by molar-refractivity contribution is 5.69. The van der Waals surface area contributed by atoms with Gasteiger partial charge in [-0.25, -0.2) is 0 Å². The van der Waals surface area contributed by atoms with Crippen molar-refractivity contribution in [3.8, 4) is 0 Å². The molecule has 2 unspecified atom stereocenters. The van der Waals surface area contributed by atoms with Crippen molar-refractivity contribution in [3.63, 3.8) is 0 Å². The van der Waals surface area contributed by atoms with Crippen LogP contribution in [-0.4, -0.2) is 140 Å². The zero-order valence-electron chi connectivity index (χ0n) is 20.6. The molecule has 0 aliphatic carbocycles. The van der Waals surface area contributed by atoms with E-state index in [0.29, 0.717) is 6.42 Å². The first kappa shape index (κ1) is 33.0. The number of rotatable bonds is 17. The minimum absolute atomic E-state index is 0.00302. The summed E-state index contributed by atoms with van der Waals surface area (Å²) in [6, 6.07) is 0. The van der Waals surface area contributed by atoms with Crippen LogP contribution in [-0.2, 0) is 23.7 Å². The summed E-state index contributed by atoms with van der Waals surface area (Å²) in [6.45, 7) is 0.867. The molecule has 9 N–H and O–H groups in total. The van der Waals surface area contributed by atoms with Gasteiger partial charge in [-0.05, 0) is 6.42 Å². The third kappa shape index (κ3) is 9.70. The van der Waals surface area contributed by atoms with E-state index in [4.69, 9.17) is 14.2 Å². The van der Waals surface area contributed by atoms with Crippen LogP contribution in [0.25, 0.3) is 0 Å². The first-order valence-electron chi connectivity index (χ1n) is 12.0. The van der Waals surface area contributed by atoms with E-state index in [9.17, 15) is 50.8 Å². The maximum atomic E-state index is 12.3. The largest absolute Gasteiger partial charge is 0.454 e. The number of esters is 1. The molecule has 1 heterocycles. The van der Waals surface area contributed by atoms with E-state index >= 15 is 0 Å². The Morgan fingerprint density at radius 2 is 1.50 bits per heavy atom. The van der Waals surface area contributed by atoms with E-state index in [0.717, 1.165) is 25.7 Å². The van der Waals surface area contributed by atoms with Gasteiger partial charge in [-0.15, -0.1) is 0 Å². The molecule has 0 bridgehead atoms. The van der Waals surface area contributed by atoms with Gasteiger partial charge in [0.1, 0.15) is 48.8 Å². The van der Waals surface area contributed by atoms with E-state index in [-0.39, 0.29) is 6.42 Å². The maximum absolute atomic E-state index is 12.3. The van der Waals surface area contributed by atoms with Crippen molar-refractivity contribution in [1.29, 1.82) is 0 Å². The van der Waals surface area contributed by atoms with Crippen molar-refractivity contribution < 1.29 is 69.7 Å². The van der Waals surface area contributed by atoms with Crippen LogP contribution in [0.2, 0.25) is 0 Å². The third-order valence-corrected chi connectivity index (χ3v) is 5.92. The minimum Gasteiger partial charge on any atom is -0.454 e. The molecule has 11 atom stereocenters. The van der Waals surface area contributed by atoms with Crippen molar-refractivity contribution in [1.82, 2.24) is 0 Å². The molecule has 0 amide bonds. The van der Waals surface area contributed by atoms with E-state index in [1.165, 1.54) is 7.11 Å². The number of unbranched alkanes of at least 4 members (excludes halogenated alkanes) is 4. The lowest BCUT2D eigenvalue weighted by Crippen LogP contribution is -2.62. The van der Waals surface area contributed by atoms with Gasteiger partial charge in [0.2, 0.25) is 6.29 Å². The zero-order valence-corrected chi connectivity index (χ0v) is 20.6. The molecule has 1 aliphatic heterocycles. The summed E-state index contributed by atoms with van der Waals surface area (Å²) in [4.78, 5) is 12.3. The summed E-state index contributed by atoms with van der Waals surface area (Å²) in [7, 11) is 1.22. The molecular formula is C22H42O14. The average Bonchev–Trinajstić information content (AvgIpc) is 2.86. The Balaban J connectivity index is 2.85. The number of aliphatic hydroxyl groups is 9. The van der Waals surface area contributed by atoms with Gasteiger partial charge < -0.3 is 64.9 Å². The van der Waals surface area contributed by atoms with E-state index < -0.39 is 86.7 Å². The van der Waals surface area contributed by atoms with Crippen LogP contribution in [0.15, 0.2) is 0 Å². The van der Waals surface area contributed by atoms with Crippen LogP contribution in [0.1, 0.15) is 45.4 Å². The lowest BCUT2D eigenvalue weighted by Gasteiger charge is -2.42. The topological polar surface area (TPSA) is 236 Å². The number of methoxy groups -OCH3 is 1. The summed E-state index contributed by atoms with van der Waals surface area (Å²) in [5, 5.41) is 90.2. The second-order valence-corrected chi connectivity index (χ2v) is 8.84. The first-order chi connectivity index (χ1) is 17.0. The molecule has 0 aromatic rings. The molecule has 0 aromatic heterocycles. The standard InChI is InChI=1S/C22H42O14/c1-3-4-5-6-7-8-13(25)35-20-18(30)15(27)12(9-23)34-22(20)36-21(32)19(31)17(29)16(28)14(26)11(24)10-33-2/h11-12,14-24,26-32H,3-10H2,1-2H3/t11?,12-,14+,15-,16-,17+,18+,19+,20+,21?,22+/m1/s1. The SMILES string of the molecule is CCCCCCCC(=O)O[C@@H]1[C@H](OC(O)[C@@H](O)[C@@H](O)[C@H](O)[C@@H](O)C(O)COC)O[C@H](CO)[C@@H](O)[C@@H]1O. The van der Waals surface area contributed by atoms with Crippen molar-refractivity contribution in [3.05, 3.63) is 0 Å². The molecule has 1 aliphatic rings. The molecule has 0 radical (unpaired) electrons. The van der Waals surface area contributed by atoms with Gasteiger partial charge in [0.25, 0.3) is 0 Å². The Kier molecular flexibility index (Phi) is 15.4. The Bertz CT molecular complexity index is 609. The highest BCUT2D eigenvalue weighted by atomic mass is 16.8. The number of hydrogen-bond acceptors (Lipinski definition) is 14. The van der Waals surface area contributed by atoms with Crippen LogP contribution < -0.4 is 0 Å². The number of carbonyl (C=O) groups is 1. The lowest BCUT2D eigenvalue weighted by atomic mass is 9.98. The van der Waals surface area contributed by atoms with E-state index in [2.05, 4.69) is 4.74 Å². The van der Waals surface area contributed by atoms with Crippen molar-refractivity contribution in [2.45, 2.75) is 113 Å².